The number of aliphatic hydroxyl groups is 1. The number of nitrogens with zero attached hydrogens (tertiary/aromatic N) is 3. The third-order valence-corrected chi connectivity index (χ3v) is 6.55. The van der Waals surface area contributed by atoms with Crippen molar-refractivity contribution < 1.29 is 19.4 Å². The molecule has 2 fully saturated rings. The van der Waals surface area contributed by atoms with E-state index in [0.29, 0.717) is 19.5 Å². The number of ether oxygens (including phenoxy) is 1. The van der Waals surface area contributed by atoms with Gasteiger partial charge in [-0.25, -0.2) is 0 Å². The Hall–Kier alpha value is -3.03. The van der Waals surface area contributed by atoms with E-state index in [1.807, 2.05) is 48.6 Å². The minimum Gasteiger partial charge on any atom is -0.396 e. The van der Waals surface area contributed by atoms with Crippen molar-refractivity contribution in [1.29, 1.82) is 0 Å². The summed E-state index contributed by atoms with van der Waals surface area (Å²) in [4.78, 5) is 34.3. The molecule has 1 aromatic carbocycles. The molecule has 31 heavy (non-hydrogen) atoms. The van der Waals surface area contributed by atoms with Gasteiger partial charge in [-0.3, -0.25) is 14.6 Å². The number of fused-ring (bicyclic) bond motifs is 1. The molecule has 5 rings (SSSR count). The van der Waals surface area contributed by atoms with Gasteiger partial charge in [0.1, 0.15) is 5.60 Å². The number of hydrogen-bond acceptors (Lipinski definition) is 5. The van der Waals surface area contributed by atoms with Gasteiger partial charge in [-0.1, -0.05) is 30.4 Å². The topological polar surface area (TPSA) is 83.0 Å². The highest BCUT2D eigenvalue weighted by atomic mass is 16.5. The van der Waals surface area contributed by atoms with Gasteiger partial charge in [0.05, 0.1) is 24.5 Å². The number of hydrogen-bond donors (Lipinski definition) is 1. The average Bonchev–Trinajstić information content (AvgIpc) is 3.43. The van der Waals surface area contributed by atoms with E-state index in [9.17, 15) is 9.59 Å². The fraction of sp³-hybridized carbons (Fsp3) is 0.375. The molecular weight excluding hydrogens is 394 g/mol. The van der Waals surface area contributed by atoms with Crippen molar-refractivity contribution in [2.45, 2.75) is 24.7 Å². The van der Waals surface area contributed by atoms with Crippen LogP contribution < -0.4 is 4.90 Å². The summed E-state index contributed by atoms with van der Waals surface area (Å²) in [6, 6.07) is 11.4. The maximum absolute atomic E-state index is 13.5. The average molecular weight is 419 g/mol. The van der Waals surface area contributed by atoms with Crippen molar-refractivity contribution in [3.05, 3.63) is 72.1 Å². The standard InChI is InChI=1S/C24H25N3O4/c1-26(14-17-3-2-11-25-13-17)22(29)20-19-8-10-24(31-19)15-27(23(30)21(20)24)18-6-4-16(5-7-18)9-12-28/h2-8,10-11,13,19-21,28H,9,12,14-15H2,1H3/t19-,20+,21+,24-/m0/s1. The third-order valence-electron chi connectivity index (χ3n) is 6.55. The highest BCUT2D eigenvalue weighted by Gasteiger charge is 2.67. The van der Waals surface area contributed by atoms with E-state index in [2.05, 4.69) is 4.98 Å². The molecule has 2 aromatic rings. The first kappa shape index (κ1) is 19.9. The molecule has 4 atom stereocenters. The Bertz CT molecular complexity index is 1020. The number of aromatic nitrogens is 1. The number of pyridine rings is 1. The van der Waals surface area contributed by atoms with Crippen molar-refractivity contribution in [3.63, 3.8) is 0 Å². The van der Waals surface area contributed by atoms with Crippen LogP contribution in [0.1, 0.15) is 11.1 Å². The SMILES string of the molecule is CN(Cc1cccnc1)C(=O)[C@@H]1[C@@H]2C=C[C@@]3(CN(c4ccc(CCO)cc4)C(=O)[C@@H]13)O2. The number of carbonyl (C=O) groups excluding carboxylic acids is 2. The molecule has 0 aliphatic carbocycles. The molecule has 1 spiro atoms. The zero-order chi connectivity index (χ0) is 21.6. The Kier molecular flexibility index (Phi) is 4.87. The van der Waals surface area contributed by atoms with Crippen LogP contribution in [0.4, 0.5) is 5.69 Å². The zero-order valence-corrected chi connectivity index (χ0v) is 17.3. The second-order valence-corrected chi connectivity index (χ2v) is 8.52. The van der Waals surface area contributed by atoms with Crippen LogP contribution >= 0.6 is 0 Å². The van der Waals surface area contributed by atoms with Gasteiger partial charge in [0.25, 0.3) is 0 Å². The Morgan fingerprint density at radius 3 is 2.81 bits per heavy atom. The van der Waals surface area contributed by atoms with E-state index in [-0.39, 0.29) is 24.5 Å². The Balaban J connectivity index is 1.38. The second kappa shape index (κ2) is 7.59. The molecule has 0 radical (unpaired) electrons. The fourth-order valence-electron chi connectivity index (χ4n) is 5.07. The van der Waals surface area contributed by atoms with Crippen LogP contribution in [0.3, 0.4) is 0 Å². The summed E-state index contributed by atoms with van der Waals surface area (Å²) in [7, 11) is 1.76. The van der Waals surface area contributed by atoms with E-state index < -0.39 is 17.4 Å². The van der Waals surface area contributed by atoms with Crippen LogP contribution in [-0.2, 0) is 27.3 Å². The van der Waals surface area contributed by atoms with Crippen molar-refractivity contribution in [2.75, 3.05) is 25.1 Å². The van der Waals surface area contributed by atoms with Crippen molar-refractivity contribution in [2.24, 2.45) is 11.8 Å². The Morgan fingerprint density at radius 2 is 2.10 bits per heavy atom. The summed E-state index contributed by atoms with van der Waals surface area (Å²) >= 11 is 0. The highest BCUT2D eigenvalue weighted by molar-refractivity contribution is 6.03. The smallest absolute Gasteiger partial charge is 0.234 e. The van der Waals surface area contributed by atoms with Crippen LogP contribution in [0, 0.1) is 11.8 Å². The predicted octanol–water partition coefficient (Wildman–Crippen LogP) is 1.56. The van der Waals surface area contributed by atoms with Crippen LogP contribution in [0.2, 0.25) is 0 Å². The lowest BCUT2D eigenvalue weighted by Crippen LogP contribution is -2.44. The molecule has 4 heterocycles. The highest BCUT2D eigenvalue weighted by Crippen LogP contribution is 2.53. The maximum Gasteiger partial charge on any atom is 0.234 e. The monoisotopic (exact) mass is 419 g/mol. The molecule has 3 aliphatic heterocycles. The van der Waals surface area contributed by atoms with E-state index in [1.54, 1.807) is 29.2 Å². The number of carbonyl (C=O) groups is 2. The number of rotatable bonds is 6. The van der Waals surface area contributed by atoms with Gasteiger partial charge < -0.3 is 19.6 Å². The lowest BCUT2D eigenvalue weighted by atomic mass is 9.76. The predicted molar refractivity (Wildman–Crippen MR) is 114 cm³/mol. The summed E-state index contributed by atoms with van der Waals surface area (Å²) in [6.07, 6.45) is 7.54. The van der Waals surface area contributed by atoms with Crippen molar-refractivity contribution in [3.8, 4) is 0 Å². The van der Waals surface area contributed by atoms with Gasteiger partial charge >= 0.3 is 0 Å². The first-order valence-corrected chi connectivity index (χ1v) is 10.5. The molecule has 3 aliphatic rings. The lowest BCUT2D eigenvalue weighted by molar-refractivity contribution is -0.139. The van der Waals surface area contributed by atoms with Crippen molar-refractivity contribution >= 4 is 17.5 Å². The molecule has 0 unspecified atom stereocenters. The second-order valence-electron chi connectivity index (χ2n) is 8.52. The largest absolute Gasteiger partial charge is 0.396 e. The third kappa shape index (κ3) is 3.25. The minimum absolute atomic E-state index is 0.0742. The van der Waals surface area contributed by atoms with Gasteiger partial charge in [-0.15, -0.1) is 0 Å². The summed E-state index contributed by atoms with van der Waals surface area (Å²) in [5.74, 6) is -1.21. The van der Waals surface area contributed by atoms with Gasteiger partial charge in [0.15, 0.2) is 0 Å². The van der Waals surface area contributed by atoms with Crippen LogP contribution in [-0.4, -0.2) is 58.7 Å². The fourth-order valence-corrected chi connectivity index (χ4v) is 5.07. The quantitative estimate of drug-likeness (QED) is 0.719. The summed E-state index contributed by atoms with van der Waals surface area (Å²) < 4.78 is 6.24. The molecule has 0 saturated carbocycles. The maximum atomic E-state index is 13.5. The van der Waals surface area contributed by atoms with Gasteiger partial charge in [-0.2, -0.15) is 0 Å². The summed E-state index contributed by atoms with van der Waals surface area (Å²) in [5.41, 5.74) is 1.99. The molecule has 7 heteroatoms. The number of anilines is 1. The minimum atomic E-state index is -0.749. The molecular formula is C24H25N3O4. The molecule has 7 nitrogen and oxygen atoms in total. The van der Waals surface area contributed by atoms with Crippen LogP contribution in [0.25, 0.3) is 0 Å². The number of benzene rings is 1. The molecule has 2 amide bonds. The molecule has 2 bridgehead atoms. The van der Waals surface area contributed by atoms with E-state index >= 15 is 0 Å². The molecule has 160 valence electrons. The Labute approximate surface area is 180 Å². The van der Waals surface area contributed by atoms with E-state index in [1.165, 1.54) is 0 Å². The zero-order valence-electron chi connectivity index (χ0n) is 17.3. The number of amides is 2. The van der Waals surface area contributed by atoms with Crippen molar-refractivity contribution in [1.82, 2.24) is 9.88 Å². The van der Waals surface area contributed by atoms with Gasteiger partial charge in [0, 0.05) is 38.3 Å². The number of aliphatic hydroxyl groups excluding tert-OH is 1. The van der Waals surface area contributed by atoms with E-state index in [4.69, 9.17) is 9.84 Å². The normalized spacial score (nSPS) is 28.3. The summed E-state index contributed by atoms with van der Waals surface area (Å²) in [6.45, 7) is 0.923. The first-order chi connectivity index (χ1) is 15.0. The molecule has 1 N–H and O–H groups in total. The van der Waals surface area contributed by atoms with Crippen LogP contribution in [0.5, 0.6) is 0 Å². The van der Waals surface area contributed by atoms with Gasteiger partial charge in [0.2, 0.25) is 11.8 Å². The molecule has 1 aromatic heterocycles. The van der Waals surface area contributed by atoms with Gasteiger partial charge in [-0.05, 0) is 35.7 Å². The van der Waals surface area contributed by atoms with E-state index in [0.717, 1.165) is 16.8 Å². The summed E-state index contributed by atoms with van der Waals surface area (Å²) in [5, 5.41) is 9.11. The molecule has 2 saturated heterocycles. The lowest BCUT2D eigenvalue weighted by Gasteiger charge is -2.27. The van der Waals surface area contributed by atoms with Crippen LogP contribution in [0.15, 0.2) is 60.9 Å². The first-order valence-electron chi connectivity index (χ1n) is 10.5. The Morgan fingerprint density at radius 1 is 1.29 bits per heavy atom.